The van der Waals surface area contributed by atoms with Crippen LogP contribution in [0.15, 0.2) is 53.5 Å². The number of carbonyl (C=O) groups excluding carboxylic acids is 1. The summed E-state index contributed by atoms with van der Waals surface area (Å²) in [5.41, 5.74) is 9.43. The molecule has 1 unspecified atom stereocenters. The number of fused-ring (bicyclic) bond motifs is 1. The molecule has 0 fully saturated rings. The molecule has 0 aliphatic carbocycles. The minimum Gasteiger partial charge on any atom is -0.465 e. The molecule has 0 amide bonds. The van der Waals surface area contributed by atoms with Crippen molar-refractivity contribution in [3.8, 4) is 0 Å². The van der Waals surface area contributed by atoms with Crippen LogP contribution in [0.2, 0.25) is 0 Å². The summed E-state index contributed by atoms with van der Waals surface area (Å²) in [4.78, 5) is 25.0. The Kier molecular flexibility index (Phi) is 6.19. The van der Waals surface area contributed by atoms with Crippen molar-refractivity contribution < 1.29 is 9.53 Å². The van der Waals surface area contributed by atoms with Crippen LogP contribution in [-0.4, -0.2) is 33.3 Å². The van der Waals surface area contributed by atoms with Gasteiger partial charge in [-0.1, -0.05) is 35.9 Å². The first-order chi connectivity index (χ1) is 15.5. The van der Waals surface area contributed by atoms with Gasteiger partial charge in [-0.25, -0.2) is 9.80 Å². The number of imidazole rings is 1. The van der Waals surface area contributed by atoms with Gasteiger partial charge in [-0.2, -0.15) is 0 Å². The summed E-state index contributed by atoms with van der Waals surface area (Å²) in [6.45, 7) is 9.55. The van der Waals surface area contributed by atoms with Gasteiger partial charge in [-0.3, -0.25) is 13.9 Å². The van der Waals surface area contributed by atoms with Crippen LogP contribution in [0, 0.1) is 6.92 Å². The molecule has 7 nitrogen and oxygen atoms in total. The maximum Gasteiger partial charge on any atom is 0.329 e. The first-order valence-electron chi connectivity index (χ1n) is 11.2. The highest BCUT2D eigenvalue weighted by Gasteiger charge is 2.32. The average Bonchev–Trinajstić information content (AvgIpc) is 3.30. The van der Waals surface area contributed by atoms with Gasteiger partial charge in [0, 0.05) is 19.3 Å². The van der Waals surface area contributed by atoms with E-state index in [0.29, 0.717) is 19.7 Å². The van der Waals surface area contributed by atoms with E-state index >= 15 is 0 Å². The van der Waals surface area contributed by atoms with Gasteiger partial charge >= 0.3 is 11.7 Å². The third-order valence-corrected chi connectivity index (χ3v) is 5.94. The molecule has 0 saturated carbocycles. The smallest absolute Gasteiger partial charge is 0.329 e. The first-order valence-corrected chi connectivity index (χ1v) is 11.2. The number of nitrogens with one attached hydrogen (secondary N) is 1. The van der Waals surface area contributed by atoms with Gasteiger partial charge in [0.15, 0.2) is 0 Å². The molecule has 1 N–H and O–H groups in total. The predicted molar refractivity (Wildman–Crippen MR) is 126 cm³/mol. The molecular weight excluding hydrogens is 404 g/mol. The van der Waals surface area contributed by atoms with Crippen molar-refractivity contribution in [2.75, 3.05) is 13.2 Å². The summed E-state index contributed by atoms with van der Waals surface area (Å²) in [6, 6.07) is 14.3. The topological polar surface area (TPSA) is 68.5 Å². The average molecular weight is 435 g/mol. The Morgan fingerprint density at radius 1 is 1.03 bits per heavy atom. The van der Waals surface area contributed by atoms with Crippen LogP contribution >= 0.6 is 0 Å². The zero-order chi connectivity index (χ0) is 22.8. The fourth-order valence-corrected chi connectivity index (χ4v) is 4.51. The Bertz CT molecular complexity index is 1240. The normalized spacial score (nSPS) is 16.2. The van der Waals surface area contributed by atoms with Crippen molar-refractivity contribution in [3.05, 3.63) is 75.8 Å². The van der Waals surface area contributed by atoms with E-state index in [1.165, 1.54) is 0 Å². The summed E-state index contributed by atoms with van der Waals surface area (Å²) >= 11 is 0. The second kappa shape index (κ2) is 9.04. The summed E-state index contributed by atoms with van der Waals surface area (Å²) in [6.07, 6.45) is 1.94. The molecule has 1 aliphatic heterocycles. The minimum absolute atomic E-state index is 0.0137. The lowest BCUT2D eigenvalue weighted by atomic mass is 9.93. The third kappa shape index (κ3) is 3.84. The van der Waals surface area contributed by atoms with Crippen molar-refractivity contribution in [2.24, 2.45) is 0 Å². The van der Waals surface area contributed by atoms with E-state index < -0.39 is 0 Å². The number of ether oxygens (including phenoxy) is 1. The Morgan fingerprint density at radius 2 is 1.78 bits per heavy atom. The van der Waals surface area contributed by atoms with Crippen LogP contribution in [0.25, 0.3) is 16.6 Å². The quantitative estimate of drug-likeness (QED) is 0.576. The monoisotopic (exact) mass is 434 g/mol. The summed E-state index contributed by atoms with van der Waals surface area (Å²) < 4.78 is 8.79. The Morgan fingerprint density at radius 3 is 2.47 bits per heavy atom. The highest BCUT2D eigenvalue weighted by molar-refractivity contribution is 5.84. The van der Waals surface area contributed by atoms with Crippen LogP contribution < -0.4 is 11.1 Å². The van der Waals surface area contributed by atoms with Crippen molar-refractivity contribution in [3.63, 3.8) is 0 Å². The third-order valence-electron chi connectivity index (χ3n) is 5.94. The molecule has 4 rings (SSSR count). The Labute approximate surface area is 187 Å². The van der Waals surface area contributed by atoms with Crippen LogP contribution in [-0.2, 0) is 22.6 Å². The maximum atomic E-state index is 12.8. The minimum atomic E-state index is -0.275. The molecule has 0 spiro atoms. The Balaban J connectivity index is 1.79. The fraction of sp³-hybridized carbons (Fsp3) is 0.360. The molecule has 1 aromatic heterocycles. The zero-order valence-electron chi connectivity index (χ0n) is 19.1. The second-order valence-corrected chi connectivity index (χ2v) is 7.95. The second-order valence-electron chi connectivity index (χ2n) is 7.95. The van der Waals surface area contributed by atoms with E-state index in [4.69, 9.17) is 4.74 Å². The summed E-state index contributed by atoms with van der Waals surface area (Å²) in [7, 11) is 0. The highest BCUT2D eigenvalue weighted by Crippen LogP contribution is 2.38. The van der Waals surface area contributed by atoms with Crippen LogP contribution in [0.5, 0.6) is 0 Å². The number of benzene rings is 2. The van der Waals surface area contributed by atoms with Crippen molar-refractivity contribution in [2.45, 2.75) is 46.8 Å². The van der Waals surface area contributed by atoms with Gasteiger partial charge in [0.25, 0.3) is 0 Å². The fourth-order valence-electron chi connectivity index (χ4n) is 4.51. The van der Waals surface area contributed by atoms with E-state index in [1.807, 2.05) is 48.7 Å². The van der Waals surface area contributed by atoms with E-state index in [1.54, 1.807) is 4.57 Å². The number of nitrogens with zero attached hydrogens (tertiary/aromatic N) is 3. The number of esters is 1. The first kappa shape index (κ1) is 21.9. The molecule has 0 radical (unpaired) electrons. The van der Waals surface area contributed by atoms with Gasteiger partial charge < -0.3 is 10.2 Å². The van der Waals surface area contributed by atoms with Gasteiger partial charge in [0.1, 0.15) is 6.54 Å². The van der Waals surface area contributed by atoms with E-state index in [0.717, 1.165) is 33.3 Å². The van der Waals surface area contributed by atoms with Gasteiger partial charge in [0.05, 0.1) is 23.7 Å². The largest absolute Gasteiger partial charge is 0.465 e. The van der Waals surface area contributed by atoms with Crippen LogP contribution in [0.4, 0.5) is 0 Å². The number of carbonyl (C=O) groups is 1. The van der Waals surface area contributed by atoms with Gasteiger partial charge in [-0.05, 0) is 56.5 Å². The van der Waals surface area contributed by atoms with Crippen molar-refractivity contribution in [1.29, 1.82) is 0 Å². The molecule has 32 heavy (non-hydrogen) atoms. The molecule has 0 bridgehead atoms. The molecule has 7 heteroatoms. The van der Waals surface area contributed by atoms with E-state index in [-0.39, 0.29) is 24.2 Å². The van der Waals surface area contributed by atoms with Gasteiger partial charge in [0.2, 0.25) is 0 Å². The number of hydrazine groups is 1. The molecule has 168 valence electrons. The van der Waals surface area contributed by atoms with Crippen LogP contribution in [0.3, 0.4) is 0 Å². The van der Waals surface area contributed by atoms with Crippen LogP contribution in [0.1, 0.15) is 43.5 Å². The SMILES string of the molecule is CCOC(=O)CN1NC=C(c2ccc3c(c2)n(CC)c(=O)n3CC)C1c1cccc(C)c1. The molecule has 1 atom stereocenters. The lowest BCUT2D eigenvalue weighted by Gasteiger charge is -2.26. The van der Waals surface area contributed by atoms with E-state index in [2.05, 4.69) is 42.7 Å². The summed E-state index contributed by atoms with van der Waals surface area (Å²) in [5, 5.41) is 1.90. The Hall–Kier alpha value is -3.32. The molecular formula is C25H30N4O3. The molecule has 3 aromatic rings. The highest BCUT2D eigenvalue weighted by atomic mass is 16.5. The number of aromatic nitrogens is 2. The molecule has 2 aromatic carbocycles. The zero-order valence-corrected chi connectivity index (χ0v) is 19.1. The maximum absolute atomic E-state index is 12.8. The molecule has 1 aliphatic rings. The molecule has 2 heterocycles. The van der Waals surface area contributed by atoms with E-state index in [9.17, 15) is 9.59 Å². The number of hydrogen-bond donors (Lipinski definition) is 1. The molecule has 0 saturated heterocycles. The lowest BCUT2D eigenvalue weighted by molar-refractivity contribution is -0.145. The predicted octanol–water partition coefficient (Wildman–Crippen LogP) is 3.62. The summed E-state index contributed by atoms with van der Waals surface area (Å²) in [5.74, 6) is -0.275. The van der Waals surface area contributed by atoms with Crippen molar-refractivity contribution >= 4 is 22.6 Å². The standard InChI is InChI=1S/C25H30N4O3/c1-5-27-21-12-11-18(14-22(21)28(6-2)25(27)31)20-15-26-29(16-23(30)32-7-3)24(20)19-10-8-9-17(4)13-19/h8-15,24,26H,5-7,16H2,1-4H3. The van der Waals surface area contributed by atoms with Gasteiger partial charge in [-0.15, -0.1) is 0 Å². The number of hydrogen-bond acceptors (Lipinski definition) is 5. The van der Waals surface area contributed by atoms with Crippen molar-refractivity contribution in [1.82, 2.24) is 19.6 Å². The lowest BCUT2D eigenvalue weighted by Crippen LogP contribution is -2.38. The number of rotatable bonds is 7. The number of aryl methyl sites for hydroxylation is 3.